The molecule has 3 aromatic rings. The molecule has 8 heteroatoms. The number of hydrogen-bond donors (Lipinski definition) is 0. The van der Waals surface area contributed by atoms with E-state index < -0.39 is 0 Å². The van der Waals surface area contributed by atoms with Gasteiger partial charge in [0.15, 0.2) is 5.82 Å². The number of rotatable bonds is 3. The Kier molecular flexibility index (Phi) is 3.81. The van der Waals surface area contributed by atoms with Gasteiger partial charge >= 0.3 is 0 Å². The number of hydrogen-bond acceptors (Lipinski definition) is 6. The van der Waals surface area contributed by atoms with Gasteiger partial charge in [0.05, 0.1) is 35.3 Å². The van der Waals surface area contributed by atoms with Crippen molar-refractivity contribution in [3.05, 3.63) is 52.9 Å². The third kappa shape index (κ3) is 2.58. The Bertz CT molecular complexity index is 859. The number of aromatic nitrogens is 5. The summed E-state index contributed by atoms with van der Waals surface area (Å²) in [5.41, 5.74) is 3.32. The van der Waals surface area contributed by atoms with Crippen molar-refractivity contribution in [3.63, 3.8) is 0 Å². The van der Waals surface area contributed by atoms with Crippen molar-refractivity contribution in [1.29, 1.82) is 0 Å². The zero-order valence-electron chi connectivity index (χ0n) is 13.2. The molecule has 122 valence electrons. The summed E-state index contributed by atoms with van der Waals surface area (Å²) in [4.78, 5) is 32.7. The molecule has 4 rings (SSSR count). The lowest BCUT2D eigenvalue weighted by Gasteiger charge is -2.24. The van der Waals surface area contributed by atoms with E-state index >= 15 is 0 Å². The lowest BCUT2D eigenvalue weighted by molar-refractivity contribution is 0.0736. The summed E-state index contributed by atoms with van der Waals surface area (Å²) >= 11 is 1.39. The standard InChI is InChI=1S/C16H16N6OS/c1-11-15(24-10-19-11)16(23)22-5-2-3-13(22)12-7-18-8-14(20-12)21-6-4-17-9-21/h4,6-10,13H,2-3,5H2,1H3. The van der Waals surface area contributed by atoms with Gasteiger partial charge in [-0.1, -0.05) is 0 Å². The van der Waals surface area contributed by atoms with Crippen molar-refractivity contribution in [1.82, 2.24) is 29.4 Å². The summed E-state index contributed by atoms with van der Waals surface area (Å²) in [7, 11) is 0. The second-order valence-electron chi connectivity index (χ2n) is 5.70. The highest BCUT2D eigenvalue weighted by atomic mass is 32.1. The molecule has 1 fully saturated rings. The molecule has 0 N–H and O–H groups in total. The first-order valence-corrected chi connectivity index (χ1v) is 8.63. The van der Waals surface area contributed by atoms with E-state index in [0.29, 0.717) is 10.7 Å². The molecule has 1 amide bonds. The fourth-order valence-corrected chi connectivity index (χ4v) is 3.76. The highest BCUT2D eigenvalue weighted by Gasteiger charge is 2.33. The smallest absolute Gasteiger partial charge is 0.266 e. The molecule has 0 aliphatic carbocycles. The molecular formula is C16H16N6OS. The maximum absolute atomic E-state index is 12.9. The van der Waals surface area contributed by atoms with Crippen LogP contribution in [0.15, 0.2) is 36.6 Å². The number of imidazole rings is 1. The van der Waals surface area contributed by atoms with E-state index in [4.69, 9.17) is 0 Å². The monoisotopic (exact) mass is 340 g/mol. The van der Waals surface area contributed by atoms with Crippen LogP contribution < -0.4 is 0 Å². The molecule has 4 heterocycles. The van der Waals surface area contributed by atoms with E-state index in [-0.39, 0.29) is 11.9 Å². The third-order valence-electron chi connectivity index (χ3n) is 4.20. The molecule has 1 unspecified atom stereocenters. The fourth-order valence-electron chi connectivity index (χ4n) is 3.00. The molecule has 0 bridgehead atoms. The molecule has 3 aromatic heterocycles. The topological polar surface area (TPSA) is 76.8 Å². The van der Waals surface area contributed by atoms with Crippen LogP contribution in [-0.4, -0.2) is 41.9 Å². The number of carbonyl (C=O) groups excluding carboxylic acids is 1. The van der Waals surface area contributed by atoms with Gasteiger partial charge in [0.2, 0.25) is 0 Å². The summed E-state index contributed by atoms with van der Waals surface area (Å²) in [5, 5.41) is 0. The van der Waals surface area contributed by atoms with Crippen molar-refractivity contribution in [3.8, 4) is 5.82 Å². The molecule has 0 radical (unpaired) electrons. The maximum atomic E-state index is 12.9. The van der Waals surface area contributed by atoms with Gasteiger partial charge in [-0.2, -0.15) is 0 Å². The number of thiazole rings is 1. The Hall–Kier alpha value is -2.61. The molecule has 1 aliphatic rings. The van der Waals surface area contributed by atoms with Gasteiger partial charge in [0, 0.05) is 18.9 Å². The van der Waals surface area contributed by atoms with E-state index in [1.807, 2.05) is 22.6 Å². The molecule has 0 spiro atoms. The third-order valence-corrected chi connectivity index (χ3v) is 5.12. The summed E-state index contributed by atoms with van der Waals surface area (Å²) in [6, 6.07) is -0.0463. The molecule has 0 saturated carbocycles. The van der Waals surface area contributed by atoms with E-state index in [0.717, 1.165) is 30.8 Å². The minimum Gasteiger partial charge on any atom is -0.329 e. The van der Waals surface area contributed by atoms with Gasteiger partial charge in [-0.05, 0) is 19.8 Å². The average molecular weight is 340 g/mol. The quantitative estimate of drug-likeness (QED) is 0.732. The normalized spacial score (nSPS) is 17.4. The zero-order valence-corrected chi connectivity index (χ0v) is 14.0. The predicted molar refractivity (Wildman–Crippen MR) is 89.0 cm³/mol. The summed E-state index contributed by atoms with van der Waals surface area (Å²) < 4.78 is 1.81. The van der Waals surface area contributed by atoms with Gasteiger partial charge in [0.1, 0.15) is 11.2 Å². The lowest BCUT2D eigenvalue weighted by atomic mass is 10.1. The Morgan fingerprint density at radius 3 is 3.00 bits per heavy atom. The molecule has 1 atom stereocenters. The van der Waals surface area contributed by atoms with Crippen LogP contribution in [0.1, 0.15) is 39.9 Å². The van der Waals surface area contributed by atoms with Crippen LogP contribution in [0.5, 0.6) is 0 Å². The number of nitrogens with zero attached hydrogens (tertiary/aromatic N) is 6. The Morgan fingerprint density at radius 2 is 2.25 bits per heavy atom. The first-order valence-electron chi connectivity index (χ1n) is 7.75. The van der Waals surface area contributed by atoms with Gasteiger partial charge < -0.3 is 4.90 Å². The number of carbonyl (C=O) groups is 1. The van der Waals surface area contributed by atoms with E-state index in [9.17, 15) is 4.79 Å². The van der Waals surface area contributed by atoms with Gasteiger partial charge in [-0.3, -0.25) is 14.3 Å². The highest BCUT2D eigenvalue weighted by Crippen LogP contribution is 2.33. The first kappa shape index (κ1) is 14.9. The van der Waals surface area contributed by atoms with Gasteiger partial charge in [-0.15, -0.1) is 11.3 Å². The largest absolute Gasteiger partial charge is 0.329 e. The van der Waals surface area contributed by atoms with Crippen LogP contribution in [0.25, 0.3) is 5.82 Å². The van der Waals surface area contributed by atoms with Gasteiger partial charge in [-0.25, -0.2) is 15.0 Å². The highest BCUT2D eigenvalue weighted by molar-refractivity contribution is 7.11. The molecule has 0 aromatic carbocycles. The number of aryl methyl sites for hydroxylation is 1. The predicted octanol–water partition coefficient (Wildman–Crippen LogP) is 2.40. The molecule has 1 saturated heterocycles. The van der Waals surface area contributed by atoms with Crippen LogP contribution in [0, 0.1) is 6.92 Å². The minimum atomic E-state index is -0.0463. The molecule has 24 heavy (non-hydrogen) atoms. The van der Waals surface area contributed by atoms with Crippen LogP contribution in [-0.2, 0) is 0 Å². The fraction of sp³-hybridized carbons (Fsp3) is 0.312. The Labute approximate surface area is 143 Å². The second kappa shape index (κ2) is 6.12. The lowest BCUT2D eigenvalue weighted by Crippen LogP contribution is -2.31. The van der Waals surface area contributed by atoms with E-state index in [1.54, 1.807) is 30.4 Å². The SMILES string of the molecule is Cc1ncsc1C(=O)N1CCCC1c1cncc(-n2ccnc2)n1. The second-order valence-corrected chi connectivity index (χ2v) is 6.55. The molecule has 7 nitrogen and oxygen atoms in total. The van der Waals surface area contributed by atoms with Gasteiger partial charge in [0.25, 0.3) is 5.91 Å². The van der Waals surface area contributed by atoms with Crippen molar-refractivity contribution in [2.24, 2.45) is 0 Å². The van der Waals surface area contributed by atoms with Crippen molar-refractivity contribution < 1.29 is 4.79 Å². The van der Waals surface area contributed by atoms with Crippen LogP contribution in [0.2, 0.25) is 0 Å². The van der Waals surface area contributed by atoms with Crippen molar-refractivity contribution in [2.45, 2.75) is 25.8 Å². The summed E-state index contributed by atoms with van der Waals surface area (Å²) in [6.07, 6.45) is 10.5. The van der Waals surface area contributed by atoms with Crippen LogP contribution in [0.4, 0.5) is 0 Å². The summed E-state index contributed by atoms with van der Waals surface area (Å²) in [5.74, 6) is 0.741. The minimum absolute atomic E-state index is 0.0346. The Morgan fingerprint density at radius 1 is 1.33 bits per heavy atom. The Balaban J connectivity index is 1.65. The average Bonchev–Trinajstić information content (AvgIpc) is 3.35. The maximum Gasteiger partial charge on any atom is 0.266 e. The number of likely N-dealkylation sites (tertiary alicyclic amines) is 1. The molecular weight excluding hydrogens is 324 g/mol. The number of amides is 1. The van der Waals surface area contributed by atoms with Crippen LogP contribution >= 0.6 is 11.3 Å². The van der Waals surface area contributed by atoms with Crippen LogP contribution in [0.3, 0.4) is 0 Å². The van der Waals surface area contributed by atoms with Crippen molar-refractivity contribution in [2.75, 3.05) is 6.54 Å². The van der Waals surface area contributed by atoms with Crippen molar-refractivity contribution >= 4 is 17.2 Å². The van der Waals surface area contributed by atoms with E-state index in [2.05, 4.69) is 19.9 Å². The zero-order chi connectivity index (χ0) is 16.5. The van der Waals surface area contributed by atoms with E-state index in [1.165, 1.54) is 11.3 Å². The summed E-state index contributed by atoms with van der Waals surface area (Å²) in [6.45, 7) is 2.60. The first-order chi connectivity index (χ1) is 11.7. The molecule has 1 aliphatic heterocycles.